The molecule has 9 heteroatoms. The molecule has 1 amide bonds. The normalized spacial score (nSPS) is 13.8. The Hall–Kier alpha value is -3.75. The Bertz CT molecular complexity index is 1330. The number of ether oxygens (including phenoxy) is 1. The predicted octanol–water partition coefficient (Wildman–Crippen LogP) is 5.92. The highest BCUT2D eigenvalue weighted by atomic mass is 19.4. The molecule has 1 aliphatic carbocycles. The number of aryl methyl sites for hydroxylation is 1. The summed E-state index contributed by atoms with van der Waals surface area (Å²) < 4.78 is 52.0. The van der Waals surface area contributed by atoms with Crippen LogP contribution in [0.4, 0.5) is 13.2 Å². The number of carbonyl (C=O) groups is 1. The van der Waals surface area contributed by atoms with E-state index in [9.17, 15) is 18.0 Å². The van der Waals surface area contributed by atoms with Crippen LogP contribution in [0.15, 0.2) is 65.1 Å². The van der Waals surface area contributed by atoms with Gasteiger partial charge in [-0.1, -0.05) is 36.4 Å². The van der Waals surface area contributed by atoms with Crippen LogP contribution in [0.3, 0.4) is 0 Å². The number of benzene rings is 2. The van der Waals surface area contributed by atoms with Crippen molar-refractivity contribution < 1.29 is 27.1 Å². The summed E-state index contributed by atoms with van der Waals surface area (Å²) in [4.78, 5) is 12.4. The number of fused-ring (bicyclic) bond motifs is 1. The maximum atomic E-state index is 13.0. The highest BCUT2D eigenvalue weighted by molar-refractivity contribution is 5.91. The minimum Gasteiger partial charge on any atom is -0.485 e. The van der Waals surface area contributed by atoms with E-state index >= 15 is 0 Å². The smallest absolute Gasteiger partial charge is 0.435 e. The number of rotatable bonds is 9. The molecular formula is C26H24F3N3O3. The van der Waals surface area contributed by atoms with Crippen molar-refractivity contribution in [3.05, 3.63) is 83.6 Å². The van der Waals surface area contributed by atoms with Crippen molar-refractivity contribution >= 4 is 16.7 Å². The highest BCUT2D eigenvalue weighted by Crippen LogP contribution is 2.42. The first-order valence-electron chi connectivity index (χ1n) is 11.5. The molecule has 35 heavy (non-hydrogen) atoms. The summed E-state index contributed by atoms with van der Waals surface area (Å²) in [6.45, 7) is 0.753. The van der Waals surface area contributed by atoms with Crippen molar-refractivity contribution in [1.82, 2.24) is 15.1 Å². The van der Waals surface area contributed by atoms with Crippen molar-refractivity contribution in [2.24, 2.45) is 0 Å². The van der Waals surface area contributed by atoms with E-state index in [4.69, 9.17) is 9.15 Å². The average molecular weight is 483 g/mol. The first-order valence-corrected chi connectivity index (χ1v) is 11.5. The minimum atomic E-state index is -4.46. The van der Waals surface area contributed by atoms with E-state index in [2.05, 4.69) is 10.4 Å². The van der Waals surface area contributed by atoms with Gasteiger partial charge in [0, 0.05) is 30.1 Å². The van der Waals surface area contributed by atoms with E-state index < -0.39 is 11.9 Å². The Morgan fingerprint density at radius 1 is 1.11 bits per heavy atom. The second-order valence-corrected chi connectivity index (χ2v) is 8.59. The van der Waals surface area contributed by atoms with Crippen molar-refractivity contribution in [3.63, 3.8) is 0 Å². The van der Waals surface area contributed by atoms with E-state index in [-0.39, 0.29) is 30.7 Å². The number of nitrogens with zero attached hydrogens (tertiary/aromatic N) is 2. The molecule has 0 aliphatic heterocycles. The second kappa shape index (κ2) is 9.48. The Kier molecular flexibility index (Phi) is 6.23. The number of aromatic nitrogens is 2. The summed E-state index contributed by atoms with van der Waals surface area (Å²) in [5.41, 5.74) is -0.247. The molecule has 1 N–H and O–H groups in total. The van der Waals surface area contributed by atoms with Crippen LogP contribution in [-0.2, 0) is 19.3 Å². The molecule has 1 fully saturated rings. The zero-order valence-corrected chi connectivity index (χ0v) is 18.8. The zero-order chi connectivity index (χ0) is 24.4. The molecule has 4 aromatic rings. The second-order valence-electron chi connectivity index (χ2n) is 8.59. The van der Waals surface area contributed by atoms with E-state index in [1.165, 1.54) is 4.68 Å². The van der Waals surface area contributed by atoms with Crippen LogP contribution in [-0.4, -0.2) is 22.2 Å². The third kappa shape index (κ3) is 5.34. The van der Waals surface area contributed by atoms with Crippen LogP contribution < -0.4 is 10.1 Å². The number of furan rings is 1. The van der Waals surface area contributed by atoms with Crippen LogP contribution >= 0.6 is 0 Å². The number of alkyl halides is 3. The third-order valence-electron chi connectivity index (χ3n) is 5.93. The Balaban J connectivity index is 1.12. The molecule has 1 aliphatic rings. The molecule has 2 aromatic carbocycles. The van der Waals surface area contributed by atoms with Gasteiger partial charge in [0.1, 0.15) is 18.1 Å². The summed E-state index contributed by atoms with van der Waals surface area (Å²) in [5.74, 6) is 1.14. The Morgan fingerprint density at radius 3 is 2.71 bits per heavy atom. The first-order chi connectivity index (χ1) is 16.9. The van der Waals surface area contributed by atoms with E-state index in [1.54, 1.807) is 12.1 Å². The monoisotopic (exact) mass is 483 g/mol. The number of carbonyl (C=O) groups excluding carboxylic acids is 1. The number of hydrogen-bond donors (Lipinski definition) is 1. The van der Waals surface area contributed by atoms with E-state index in [0.717, 1.165) is 35.4 Å². The average Bonchev–Trinajstić information content (AvgIpc) is 3.40. The Morgan fingerprint density at radius 2 is 1.91 bits per heavy atom. The van der Waals surface area contributed by atoms with Gasteiger partial charge in [-0.15, -0.1) is 0 Å². The van der Waals surface area contributed by atoms with E-state index in [1.807, 2.05) is 42.5 Å². The lowest BCUT2D eigenvalue weighted by molar-refractivity contribution is -0.141. The van der Waals surface area contributed by atoms with Gasteiger partial charge in [-0.25, -0.2) is 0 Å². The maximum absolute atomic E-state index is 13.0. The number of hydrogen-bond acceptors (Lipinski definition) is 4. The SMILES string of the molecule is O=C(NCCCn1nc(C(F)(F)F)cc1C1CC1)c1ccc(COc2cccc3ccccc23)o1. The van der Waals surface area contributed by atoms with Gasteiger partial charge in [-0.2, -0.15) is 18.3 Å². The molecule has 5 rings (SSSR count). The number of amides is 1. The van der Waals surface area contributed by atoms with Crippen LogP contribution in [0.1, 0.15) is 52.9 Å². The maximum Gasteiger partial charge on any atom is 0.435 e. The fraction of sp³-hybridized carbons (Fsp3) is 0.308. The van der Waals surface area contributed by atoms with Crippen molar-refractivity contribution in [2.45, 2.75) is 44.5 Å². The van der Waals surface area contributed by atoms with Gasteiger partial charge >= 0.3 is 6.18 Å². The first kappa shape index (κ1) is 23.0. The van der Waals surface area contributed by atoms with Gasteiger partial charge in [0.2, 0.25) is 0 Å². The summed E-state index contributed by atoms with van der Waals surface area (Å²) in [6, 6.07) is 18.1. The molecule has 0 atom stereocenters. The molecule has 0 radical (unpaired) electrons. The van der Waals surface area contributed by atoms with Crippen molar-refractivity contribution in [2.75, 3.05) is 6.54 Å². The third-order valence-corrected chi connectivity index (χ3v) is 5.93. The van der Waals surface area contributed by atoms with Gasteiger partial charge in [-0.3, -0.25) is 9.48 Å². The zero-order valence-electron chi connectivity index (χ0n) is 18.8. The summed E-state index contributed by atoms with van der Waals surface area (Å²) >= 11 is 0. The van der Waals surface area contributed by atoms with Crippen LogP contribution in [0.25, 0.3) is 10.8 Å². The fourth-order valence-electron chi connectivity index (χ4n) is 4.02. The molecule has 182 valence electrons. The lowest BCUT2D eigenvalue weighted by Crippen LogP contribution is -2.25. The number of halogens is 3. The standard InChI is InChI=1S/C26H24F3N3O3/c27-26(28,29)24-15-21(18-9-10-18)32(31-24)14-4-13-30-25(33)23-12-11-19(35-23)16-34-22-8-3-6-17-5-1-2-7-20(17)22/h1-3,5-8,11-12,15,18H,4,9-10,13-14,16H2,(H,30,33). The fourth-order valence-corrected chi connectivity index (χ4v) is 4.02. The Labute approximate surface area is 199 Å². The molecule has 0 unspecified atom stereocenters. The molecular weight excluding hydrogens is 459 g/mol. The van der Waals surface area contributed by atoms with Gasteiger partial charge in [0.05, 0.1) is 0 Å². The van der Waals surface area contributed by atoms with Crippen LogP contribution in [0, 0.1) is 0 Å². The molecule has 1 saturated carbocycles. The minimum absolute atomic E-state index is 0.144. The lowest BCUT2D eigenvalue weighted by Gasteiger charge is -2.08. The summed E-state index contributed by atoms with van der Waals surface area (Å²) in [6.07, 6.45) is -2.25. The van der Waals surface area contributed by atoms with Crippen molar-refractivity contribution in [3.8, 4) is 5.75 Å². The molecule has 0 bridgehead atoms. The largest absolute Gasteiger partial charge is 0.485 e. The lowest BCUT2D eigenvalue weighted by atomic mass is 10.1. The van der Waals surface area contributed by atoms with Crippen LogP contribution in [0.5, 0.6) is 5.75 Å². The number of nitrogens with one attached hydrogen (secondary N) is 1. The molecule has 2 aromatic heterocycles. The topological polar surface area (TPSA) is 69.3 Å². The van der Waals surface area contributed by atoms with Crippen molar-refractivity contribution in [1.29, 1.82) is 0 Å². The molecule has 0 spiro atoms. The van der Waals surface area contributed by atoms with Gasteiger partial charge in [-0.05, 0) is 48.9 Å². The summed E-state index contributed by atoms with van der Waals surface area (Å²) in [5, 5.41) is 8.53. The van der Waals surface area contributed by atoms with E-state index in [0.29, 0.717) is 24.4 Å². The molecule has 6 nitrogen and oxygen atoms in total. The van der Waals surface area contributed by atoms with Gasteiger partial charge in [0.15, 0.2) is 11.5 Å². The molecule has 0 saturated heterocycles. The van der Waals surface area contributed by atoms with Crippen LogP contribution in [0.2, 0.25) is 0 Å². The van der Waals surface area contributed by atoms with Gasteiger partial charge in [0.25, 0.3) is 5.91 Å². The quantitative estimate of drug-likeness (QED) is 0.300. The predicted molar refractivity (Wildman–Crippen MR) is 123 cm³/mol. The summed E-state index contributed by atoms with van der Waals surface area (Å²) in [7, 11) is 0. The molecule has 2 heterocycles. The van der Waals surface area contributed by atoms with Gasteiger partial charge < -0.3 is 14.5 Å². The highest BCUT2D eigenvalue weighted by Gasteiger charge is 2.37.